The largest absolute Gasteiger partial charge is 0.467 e. The Hall–Kier alpha value is -3.54. The molecule has 0 radical (unpaired) electrons. The first-order chi connectivity index (χ1) is 16.0. The van der Waals surface area contributed by atoms with Crippen molar-refractivity contribution in [2.24, 2.45) is 0 Å². The predicted molar refractivity (Wildman–Crippen MR) is 129 cm³/mol. The van der Waals surface area contributed by atoms with Gasteiger partial charge in [0.15, 0.2) is 0 Å². The minimum Gasteiger partial charge on any atom is -0.467 e. The number of furan rings is 1. The van der Waals surface area contributed by atoms with Gasteiger partial charge in [0, 0.05) is 37.4 Å². The SMILES string of the molecule is CCc1ccc(C(=O)NC2CCN(c3ccccc3C(=O)N(C)Cc3ccco3)CC2)cc1. The van der Waals surface area contributed by atoms with Gasteiger partial charge >= 0.3 is 0 Å². The molecule has 0 atom stereocenters. The number of hydrogen-bond donors (Lipinski definition) is 1. The molecule has 1 saturated heterocycles. The number of nitrogens with one attached hydrogen (secondary N) is 1. The molecule has 0 saturated carbocycles. The Kier molecular flexibility index (Phi) is 7.13. The highest BCUT2D eigenvalue weighted by Crippen LogP contribution is 2.26. The predicted octanol–water partition coefficient (Wildman–Crippen LogP) is 4.51. The van der Waals surface area contributed by atoms with Crippen LogP contribution in [0.2, 0.25) is 0 Å². The fourth-order valence-electron chi connectivity index (χ4n) is 4.27. The zero-order valence-electron chi connectivity index (χ0n) is 19.3. The third kappa shape index (κ3) is 5.45. The summed E-state index contributed by atoms with van der Waals surface area (Å²) in [6, 6.07) is 19.4. The van der Waals surface area contributed by atoms with Crippen LogP contribution in [0.5, 0.6) is 0 Å². The molecule has 1 aliphatic heterocycles. The van der Waals surface area contributed by atoms with E-state index in [9.17, 15) is 9.59 Å². The summed E-state index contributed by atoms with van der Waals surface area (Å²) in [7, 11) is 1.79. The van der Waals surface area contributed by atoms with Gasteiger partial charge in [-0.25, -0.2) is 0 Å². The summed E-state index contributed by atoms with van der Waals surface area (Å²) in [5.41, 5.74) is 3.55. The van der Waals surface area contributed by atoms with Crippen LogP contribution in [0.3, 0.4) is 0 Å². The molecular formula is C27H31N3O3. The van der Waals surface area contributed by atoms with E-state index >= 15 is 0 Å². The van der Waals surface area contributed by atoms with E-state index < -0.39 is 0 Å². The first-order valence-electron chi connectivity index (χ1n) is 11.6. The van der Waals surface area contributed by atoms with Gasteiger partial charge in [-0.1, -0.05) is 31.2 Å². The molecule has 0 aliphatic carbocycles. The Bertz CT molecular complexity index is 1070. The average molecular weight is 446 g/mol. The van der Waals surface area contributed by atoms with Crippen molar-refractivity contribution in [2.75, 3.05) is 25.0 Å². The number of anilines is 1. The summed E-state index contributed by atoms with van der Waals surface area (Å²) in [6.07, 6.45) is 4.25. The molecule has 6 heteroatoms. The van der Waals surface area contributed by atoms with Gasteiger partial charge in [0.1, 0.15) is 5.76 Å². The Balaban J connectivity index is 1.36. The number of amides is 2. The quantitative estimate of drug-likeness (QED) is 0.581. The third-order valence-electron chi connectivity index (χ3n) is 6.25. The van der Waals surface area contributed by atoms with E-state index in [1.807, 2.05) is 60.7 Å². The summed E-state index contributed by atoms with van der Waals surface area (Å²) in [5.74, 6) is 0.698. The zero-order chi connectivity index (χ0) is 23.2. The fourth-order valence-corrected chi connectivity index (χ4v) is 4.27. The highest BCUT2D eigenvalue weighted by Gasteiger charge is 2.25. The van der Waals surface area contributed by atoms with Gasteiger partial charge in [-0.3, -0.25) is 9.59 Å². The van der Waals surface area contributed by atoms with Crippen LogP contribution in [-0.2, 0) is 13.0 Å². The van der Waals surface area contributed by atoms with Crippen LogP contribution in [0.1, 0.15) is 51.8 Å². The van der Waals surface area contributed by atoms with Crippen molar-refractivity contribution >= 4 is 17.5 Å². The third-order valence-corrected chi connectivity index (χ3v) is 6.25. The van der Waals surface area contributed by atoms with E-state index in [1.165, 1.54) is 5.56 Å². The number of carbonyl (C=O) groups is 2. The average Bonchev–Trinajstić information content (AvgIpc) is 3.37. The number of carbonyl (C=O) groups excluding carboxylic acids is 2. The van der Waals surface area contributed by atoms with Crippen LogP contribution >= 0.6 is 0 Å². The number of para-hydroxylation sites is 1. The van der Waals surface area contributed by atoms with E-state index in [0.29, 0.717) is 17.7 Å². The van der Waals surface area contributed by atoms with Crippen molar-refractivity contribution < 1.29 is 14.0 Å². The monoisotopic (exact) mass is 445 g/mol. The lowest BCUT2D eigenvalue weighted by molar-refractivity contribution is 0.0776. The molecule has 0 unspecified atom stereocenters. The van der Waals surface area contributed by atoms with Crippen molar-refractivity contribution in [3.63, 3.8) is 0 Å². The van der Waals surface area contributed by atoms with Gasteiger partial charge < -0.3 is 19.5 Å². The number of hydrogen-bond acceptors (Lipinski definition) is 4. The molecule has 1 N–H and O–H groups in total. The Morgan fingerprint density at radius 2 is 1.76 bits per heavy atom. The van der Waals surface area contributed by atoms with Crippen LogP contribution in [-0.4, -0.2) is 42.9 Å². The maximum absolute atomic E-state index is 13.1. The Labute approximate surface area is 195 Å². The van der Waals surface area contributed by atoms with Crippen molar-refractivity contribution in [1.29, 1.82) is 0 Å². The Morgan fingerprint density at radius 1 is 1.03 bits per heavy atom. The van der Waals surface area contributed by atoms with Gasteiger partial charge in [-0.15, -0.1) is 0 Å². The van der Waals surface area contributed by atoms with Gasteiger partial charge in [0.2, 0.25) is 0 Å². The number of benzene rings is 2. The minimum atomic E-state index is -0.0343. The summed E-state index contributed by atoms with van der Waals surface area (Å²) >= 11 is 0. The second kappa shape index (κ2) is 10.4. The van der Waals surface area contributed by atoms with E-state index in [1.54, 1.807) is 18.2 Å². The van der Waals surface area contributed by atoms with Gasteiger partial charge in [0.05, 0.1) is 18.4 Å². The molecule has 0 bridgehead atoms. The molecule has 4 rings (SSSR count). The van der Waals surface area contributed by atoms with E-state index in [2.05, 4.69) is 17.1 Å². The lowest BCUT2D eigenvalue weighted by Gasteiger charge is -2.35. The van der Waals surface area contributed by atoms with Crippen LogP contribution in [0.25, 0.3) is 0 Å². The molecule has 1 aromatic heterocycles. The van der Waals surface area contributed by atoms with Gasteiger partial charge in [0.25, 0.3) is 11.8 Å². The molecule has 1 aliphatic rings. The molecule has 2 amide bonds. The van der Waals surface area contributed by atoms with E-state index in [0.717, 1.165) is 43.8 Å². The summed E-state index contributed by atoms with van der Waals surface area (Å²) in [4.78, 5) is 29.7. The minimum absolute atomic E-state index is 0.0220. The van der Waals surface area contributed by atoms with Crippen molar-refractivity contribution in [2.45, 2.75) is 38.8 Å². The molecular weight excluding hydrogens is 414 g/mol. The molecule has 172 valence electrons. The molecule has 2 aromatic carbocycles. The maximum Gasteiger partial charge on any atom is 0.256 e. The van der Waals surface area contributed by atoms with Crippen LogP contribution < -0.4 is 10.2 Å². The molecule has 3 aromatic rings. The molecule has 0 spiro atoms. The molecule has 2 heterocycles. The van der Waals surface area contributed by atoms with Crippen molar-refractivity contribution in [1.82, 2.24) is 10.2 Å². The molecule has 1 fully saturated rings. The first-order valence-corrected chi connectivity index (χ1v) is 11.6. The zero-order valence-corrected chi connectivity index (χ0v) is 19.3. The topological polar surface area (TPSA) is 65.8 Å². The number of nitrogens with zero attached hydrogens (tertiary/aromatic N) is 2. The van der Waals surface area contributed by atoms with Gasteiger partial charge in [-0.2, -0.15) is 0 Å². The van der Waals surface area contributed by atoms with E-state index in [4.69, 9.17) is 4.42 Å². The first kappa shape index (κ1) is 22.6. The normalized spacial score (nSPS) is 14.2. The summed E-state index contributed by atoms with van der Waals surface area (Å²) < 4.78 is 5.38. The molecule has 6 nitrogen and oxygen atoms in total. The lowest BCUT2D eigenvalue weighted by Crippen LogP contribution is -2.45. The number of aryl methyl sites for hydroxylation is 1. The lowest BCUT2D eigenvalue weighted by atomic mass is 10.0. The molecule has 33 heavy (non-hydrogen) atoms. The standard InChI is InChI=1S/C27H31N3O3/c1-3-20-10-12-21(13-11-20)26(31)28-22-14-16-30(17-15-22)25-9-5-4-8-24(25)27(32)29(2)19-23-7-6-18-33-23/h4-13,18,22H,3,14-17,19H2,1-2H3,(H,28,31). The summed E-state index contributed by atoms with van der Waals surface area (Å²) in [6.45, 7) is 4.09. The Morgan fingerprint density at radius 3 is 2.42 bits per heavy atom. The highest BCUT2D eigenvalue weighted by molar-refractivity contribution is 5.99. The maximum atomic E-state index is 13.1. The highest BCUT2D eigenvalue weighted by atomic mass is 16.3. The van der Waals surface area contributed by atoms with Gasteiger partial charge in [-0.05, 0) is 61.2 Å². The number of rotatable bonds is 7. The second-order valence-electron chi connectivity index (χ2n) is 8.54. The second-order valence-corrected chi connectivity index (χ2v) is 8.54. The van der Waals surface area contributed by atoms with Crippen molar-refractivity contribution in [3.8, 4) is 0 Å². The van der Waals surface area contributed by atoms with E-state index in [-0.39, 0.29) is 17.9 Å². The summed E-state index contributed by atoms with van der Waals surface area (Å²) in [5, 5.41) is 3.17. The fraction of sp³-hybridized carbons (Fsp3) is 0.333. The van der Waals surface area contributed by atoms with Crippen LogP contribution in [0.15, 0.2) is 71.3 Å². The van der Waals surface area contributed by atoms with Crippen LogP contribution in [0, 0.1) is 0 Å². The van der Waals surface area contributed by atoms with Crippen LogP contribution in [0.4, 0.5) is 5.69 Å². The smallest absolute Gasteiger partial charge is 0.256 e. The number of piperidine rings is 1. The van der Waals surface area contributed by atoms with Crippen molar-refractivity contribution in [3.05, 3.63) is 89.4 Å².